The molecule has 0 spiro atoms. The van der Waals surface area contributed by atoms with E-state index in [4.69, 9.17) is 14.6 Å². The molecular formula is C32H38N2O6. The van der Waals surface area contributed by atoms with Crippen LogP contribution in [-0.2, 0) is 25.7 Å². The number of carbonyl (C=O) groups excluding carboxylic acids is 1. The second kappa shape index (κ2) is 13.7. The number of aliphatic hydroxyl groups is 1. The maximum atomic E-state index is 12.2. The number of amides is 1. The second-order valence-corrected chi connectivity index (χ2v) is 10.4. The SMILES string of the molecule is C[C@H]1[C@@H](CN(C)[C@@H](C)c2ccccc2)O[C@@H](c2cccc(NC(=O)CCC(=O)O)c2)O[C@H]1c1ccc(CO)cc1. The normalized spacial score (nSPS) is 21.6. The maximum absolute atomic E-state index is 12.2. The molecule has 1 amide bonds. The number of aliphatic carboxylic acids is 1. The second-order valence-electron chi connectivity index (χ2n) is 10.4. The summed E-state index contributed by atoms with van der Waals surface area (Å²) in [6.45, 7) is 4.96. The average Bonchev–Trinajstić information content (AvgIpc) is 2.97. The predicted molar refractivity (Wildman–Crippen MR) is 152 cm³/mol. The van der Waals surface area contributed by atoms with Gasteiger partial charge in [0.15, 0.2) is 6.29 Å². The number of likely N-dealkylation sites (N-methyl/N-ethyl adjacent to an activating group) is 1. The van der Waals surface area contributed by atoms with Gasteiger partial charge in [-0.3, -0.25) is 14.5 Å². The number of benzene rings is 3. The van der Waals surface area contributed by atoms with Crippen LogP contribution < -0.4 is 5.32 Å². The van der Waals surface area contributed by atoms with Crippen molar-refractivity contribution in [2.45, 2.75) is 57.8 Å². The highest BCUT2D eigenvalue weighted by molar-refractivity contribution is 5.92. The number of nitrogens with one attached hydrogen (secondary N) is 1. The molecule has 212 valence electrons. The molecular weight excluding hydrogens is 508 g/mol. The van der Waals surface area contributed by atoms with Gasteiger partial charge in [0.25, 0.3) is 0 Å². The van der Waals surface area contributed by atoms with Gasteiger partial charge in [0, 0.05) is 36.2 Å². The molecule has 8 heteroatoms. The minimum atomic E-state index is -1.02. The first-order valence-corrected chi connectivity index (χ1v) is 13.6. The zero-order valence-corrected chi connectivity index (χ0v) is 23.2. The maximum Gasteiger partial charge on any atom is 0.303 e. The monoisotopic (exact) mass is 546 g/mol. The van der Waals surface area contributed by atoms with Crippen molar-refractivity contribution in [3.8, 4) is 0 Å². The molecule has 0 aromatic heterocycles. The molecule has 3 aromatic carbocycles. The van der Waals surface area contributed by atoms with Gasteiger partial charge in [-0.1, -0.05) is 73.7 Å². The van der Waals surface area contributed by atoms with Crippen molar-refractivity contribution in [3.63, 3.8) is 0 Å². The molecule has 1 aliphatic rings. The Morgan fingerprint density at radius 1 is 0.950 bits per heavy atom. The Morgan fingerprint density at radius 3 is 2.35 bits per heavy atom. The molecule has 0 bridgehead atoms. The number of ether oxygens (including phenoxy) is 2. The lowest BCUT2D eigenvalue weighted by Gasteiger charge is -2.43. The molecule has 0 aliphatic carbocycles. The molecule has 4 rings (SSSR count). The smallest absolute Gasteiger partial charge is 0.303 e. The molecule has 8 nitrogen and oxygen atoms in total. The van der Waals surface area contributed by atoms with Gasteiger partial charge in [-0.05, 0) is 42.8 Å². The van der Waals surface area contributed by atoms with Gasteiger partial charge in [0.2, 0.25) is 5.91 Å². The number of hydrogen-bond donors (Lipinski definition) is 3. The number of nitrogens with zero attached hydrogens (tertiary/aromatic N) is 1. The van der Waals surface area contributed by atoms with Crippen molar-refractivity contribution in [1.29, 1.82) is 0 Å². The van der Waals surface area contributed by atoms with Crippen molar-refractivity contribution < 1.29 is 29.3 Å². The molecule has 40 heavy (non-hydrogen) atoms. The molecule has 0 saturated carbocycles. The highest BCUT2D eigenvalue weighted by Gasteiger charge is 2.39. The predicted octanol–water partition coefficient (Wildman–Crippen LogP) is 5.47. The highest BCUT2D eigenvalue weighted by Crippen LogP contribution is 2.42. The lowest BCUT2D eigenvalue weighted by molar-refractivity contribution is -0.276. The summed E-state index contributed by atoms with van der Waals surface area (Å²) in [4.78, 5) is 25.3. The number of hydrogen-bond acceptors (Lipinski definition) is 6. The van der Waals surface area contributed by atoms with Gasteiger partial charge in [0.05, 0.1) is 25.2 Å². The van der Waals surface area contributed by atoms with Crippen LogP contribution in [0.4, 0.5) is 5.69 Å². The number of carboxylic acids is 1. The van der Waals surface area contributed by atoms with E-state index in [-0.39, 0.29) is 49.5 Å². The fourth-order valence-corrected chi connectivity index (χ4v) is 4.96. The first-order chi connectivity index (χ1) is 19.2. The fraction of sp³-hybridized carbons (Fsp3) is 0.375. The van der Waals surface area contributed by atoms with Crippen LogP contribution in [-0.4, -0.2) is 46.7 Å². The van der Waals surface area contributed by atoms with Crippen LogP contribution in [0.2, 0.25) is 0 Å². The van der Waals surface area contributed by atoms with E-state index in [1.807, 2.05) is 54.6 Å². The van der Waals surface area contributed by atoms with E-state index in [1.54, 1.807) is 12.1 Å². The van der Waals surface area contributed by atoms with Crippen molar-refractivity contribution in [3.05, 3.63) is 101 Å². The molecule has 3 aromatic rings. The summed E-state index contributed by atoms with van der Waals surface area (Å²) in [7, 11) is 2.09. The number of aliphatic hydroxyl groups excluding tert-OH is 1. The Bertz CT molecular complexity index is 1270. The summed E-state index contributed by atoms with van der Waals surface area (Å²) in [5.74, 6) is -1.35. The van der Waals surface area contributed by atoms with E-state index in [2.05, 4.69) is 43.2 Å². The molecule has 1 fully saturated rings. The standard InChI is InChI=1S/C32H38N2O6/c1-21-28(19-34(3)22(2)24-8-5-4-6-9-24)39-32(40-31(21)25-14-12-23(20-35)13-15-25)26-10-7-11-27(18-26)33-29(36)16-17-30(37)38/h4-15,18,21-22,28,31-32,35H,16-17,19-20H2,1-3H3,(H,33,36)(H,37,38)/t21-,22-,28+,31+,32+/m0/s1. The third-order valence-corrected chi connectivity index (χ3v) is 7.54. The largest absolute Gasteiger partial charge is 0.481 e. The Balaban J connectivity index is 1.57. The summed E-state index contributed by atoms with van der Waals surface area (Å²) in [6, 6.07) is 25.6. The molecule has 5 atom stereocenters. The van der Waals surface area contributed by atoms with E-state index in [9.17, 15) is 14.7 Å². The summed E-state index contributed by atoms with van der Waals surface area (Å²) in [5.41, 5.74) is 4.36. The van der Waals surface area contributed by atoms with E-state index >= 15 is 0 Å². The number of carboxylic acid groups (broad SMARTS) is 1. The zero-order valence-electron chi connectivity index (χ0n) is 23.2. The Labute approximate surface area is 235 Å². The van der Waals surface area contributed by atoms with Gasteiger partial charge in [-0.15, -0.1) is 0 Å². The van der Waals surface area contributed by atoms with Gasteiger partial charge in [0.1, 0.15) is 0 Å². The van der Waals surface area contributed by atoms with Crippen LogP contribution in [0.5, 0.6) is 0 Å². The van der Waals surface area contributed by atoms with E-state index in [1.165, 1.54) is 5.56 Å². The van der Waals surface area contributed by atoms with Crippen LogP contribution in [0.1, 0.15) is 67.4 Å². The highest BCUT2D eigenvalue weighted by atomic mass is 16.7. The summed E-state index contributed by atoms with van der Waals surface area (Å²) < 4.78 is 13.1. The first kappa shape index (κ1) is 29.4. The van der Waals surface area contributed by atoms with Crippen molar-refractivity contribution in [1.82, 2.24) is 4.90 Å². The Kier molecular flexibility index (Phi) is 10.1. The molecule has 3 N–H and O–H groups in total. The summed E-state index contributed by atoms with van der Waals surface area (Å²) >= 11 is 0. The van der Waals surface area contributed by atoms with E-state index in [0.717, 1.165) is 16.7 Å². The zero-order chi connectivity index (χ0) is 28.6. The van der Waals surface area contributed by atoms with Crippen LogP contribution in [0.15, 0.2) is 78.9 Å². The quantitative estimate of drug-likeness (QED) is 0.293. The van der Waals surface area contributed by atoms with Gasteiger partial charge >= 0.3 is 5.97 Å². The van der Waals surface area contributed by atoms with Crippen LogP contribution in [0, 0.1) is 5.92 Å². The molecule has 1 saturated heterocycles. The van der Waals surface area contributed by atoms with Gasteiger partial charge in [-0.2, -0.15) is 0 Å². The third-order valence-electron chi connectivity index (χ3n) is 7.54. The number of carbonyl (C=O) groups is 2. The third kappa shape index (κ3) is 7.55. The van der Waals surface area contributed by atoms with E-state index in [0.29, 0.717) is 12.2 Å². The molecule has 0 unspecified atom stereocenters. The lowest BCUT2D eigenvalue weighted by atomic mass is 9.89. The van der Waals surface area contributed by atoms with Crippen LogP contribution >= 0.6 is 0 Å². The summed E-state index contributed by atoms with van der Waals surface area (Å²) in [6.07, 6.45) is -1.43. The van der Waals surface area contributed by atoms with Crippen molar-refractivity contribution in [2.75, 3.05) is 18.9 Å². The van der Waals surface area contributed by atoms with E-state index < -0.39 is 12.3 Å². The minimum Gasteiger partial charge on any atom is -0.481 e. The van der Waals surface area contributed by atoms with Crippen molar-refractivity contribution in [2.24, 2.45) is 5.92 Å². The molecule has 1 heterocycles. The number of anilines is 1. The minimum absolute atomic E-state index is 0.0249. The van der Waals surface area contributed by atoms with Crippen LogP contribution in [0.25, 0.3) is 0 Å². The summed E-state index contributed by atoms with van der Waals surface area (Å²) in [5, 5.41) is 21.1. The number of rotatable bonds is 11. The topological polar surface area (TPSA) is 108 Å². The fourth-order valence-electron chi connectivity index (χ4n) is 4.96. The average molecular weight is 547 g/mol. The Hall–Kier alpha value is -3.56. The molecule has 0 radical (unpaired) electrons. The van der Waals surface area contributed by atoms with Gasteiger partial charge < -0.3 is 25.0 Å². The molecule has 1 aliphatic heterocycles. The lowest BCUT2D eigenvalue weighted by Crippen LogP contribution is -2.44. The Morgan fingerprint density at radius 2 is 1.68 bits per heavy atom. The first-order valence-electron chi connectivity index (χ1n) is 13.6. The van der Waals surface area contributed by atoms with Gasteiger partial charge in [-0.25, -0.2) is 0 Å². The van der Waals surface area contributed by atoms with Crippen molar-refractivity contribution >= 4 is 17.6 Å². The van der Waals surface area contributed by atoms with Crippen LogP contribution in [0.3, 0.4) is 0 Å².